The number of thiocarbonyl (C=S) groups is 1. The van der Waals surface area contributed by atoms with Crippen molar-refractivity contribution >= 4 is 23.0 Å². The average Bonchev–Trinajstić information content (AvgIpc) is 2.62. The molecule has 1 aromatic carbocycles. The van der Waals surface area contributed by atoms with Crippen LogP contribution in [-0.4, -0.2) is 21.5 Å². The first-order valence-corrected chi connectivity index (χ1v) is 9.92. The summed E-state index contributed by atoms with van der Waals surface area (Å²) in [7, 11) is 0. The highest BCUT2D eigenvalue weighted by molar-refractivity contribution is 7.80. The van der Waals surface area contributed by atoms with E-state index in [-0.39, 0.29) is 11.0 Å². The Bertz CT molecular complexity index is 677. The van der Waals surface area contributed by atoms with Gasteiger partial charge in [0.25, 0.3) is 0 Å². The number of nitrogens with one attached hydrogen (secondary N) is 1. The molecule has 0 amide bonds. The van der Waals surface area contributed by atoms with Crippen LogP contribution in [0, 0.1) is 17.8 Å². The van der Waals surface area contributed by atoms with E-state index in [0.717, 1.165) is 44.2 Å². The summed E-state index contributed by atoms with van der Waals surface area (Å²) in [4.78, 5) is 0. The second-order valence-corrected chi connectivity index (χ2v) is 8.32. The highest BCUT2D eigenvalue weighted by Gasteiger charge is 2.58. The van der Waals surface area contributed by atoms with Gasteiger partial charge in [-0.25, -0.2) is 0 Å². The first kappa shape index (κ1) is 17.0. The van der Waals surface area contributed by atoms with Crippen molar-refractivity contribution in [1.82, 2.24) is 5.43 Å². The van der Waals surface area contributed by atoms with Crippen LogP contribution in [-0.2, 0) is 0 Å². The van der Waals surface area contributed by atoms with Gasteiger partial charge < -0.3 is 10.8 Å². The molecule has 25 heavy (non-hydrogen) atoms. The van der Waals surface area contributed by atoms with E-state index < -0.39 is 5.60 Å². The number of benzene rings is 1. The van der Waals surface area contributed by atoms with Crippen LogP contribution in [0.1, 0.15) is 56.4 Å². The molecule has 5 atom stereocenters. The molecular weight excluding hydrogens is 330 g/mol. The Labute approximate surface area is 154 Å². The lowest BCUT2D eigenvalue weighted by atomic mass is 9.49. The topological polar surface area (TPSA) is 70.6 Å². The Balaban J connectivity index is 1.81. The molecule has 3 fully saturated rings. The first-order valence-electron chi connectivity index (χ1n) is 9.51. The van der Waals surface area contributed by atoms with E-state index in [1.165, 1.54) is 12.0 Å². The molecule has 1 aromatic rings. The van der Waals surface area contributed by atoms with E-state index in [1.807, 2.05) is 0 Å². The average molecular weight is 358 g/mol. The summed E-state index contributed by atoms with van der Waals surface area (Å²) in [6, 6.07) is 10.7. The second-order valence-electron chi connectivity index (χ2n) is 7.88. The quantitative estimate of drug-likeness (QED) is 0.561. The maximum Gasteiger partial charge on any atom is 0.184 e. The van der Waals surface area contributed by atoms with Crippen LogP contribution in [0.25, 0.3) is 0 Å². The van der Waals surface area contributed by atoms with Crippen molar-refractivity contribution in [2.24, 2.45) is 28.6 Å². The minimum absolute atomic E-state index is 0.137. The Kier molecular flexibility index (Phi) is 4.54. The summed E-state index contributed by atoms with van der Waals surface area (Å²) in [5.74, 6) is 1.16. The van der Waals surface area contributed by atoms with E-state index in [4.69, 9.17) is 18.0 Å². The van der Waals surface area contributed by atoms with Crippen molar-refractivity contribution in [3.05, 3.63) is 35.9 Å². The van der Waals surface area contributed by atoms with Gasteiger partial charge in [0, 0.05) is 17.5 Å². The van der Waals surface area contributed by atoms with Gasteiger partial charge in [-0.15, -0.1) is 0 Å². The van der Waals surface area contributed by atoms with Crippen LogP contribution in [0.2, 0.25) is 0 Å². The molecule has 4 rings (SSSR count). The van der Waals surface area contributed by atoms with Gasteiger partial charge in [0.1, 0.15) is 0 Å². The van der Waals surface area contributed by atoms with Crippen molar-refractivity contribution in [3.63, 3.8) is 0 Å². The van der Waals surface area contributed by atoms with Crippen LogP contribution in [0.5, 0.6) is 0 Å². The molecule has 0 aromatic heterocycles. The molecule has 0 aliphatic heterocycles. The molecule has 3 saturated carbocycles. The number of aliphatic hydroxyl groups is 1. The summed E-state index contributed by atoms with van der Waals surface area (Å²) in [6.45, 7) is 0. The number of hydrazone groups is 1. The normalized spacial score (nSPS) is 38.8. The van der Waals surface area contributed by atoms with Gasteiger partial charge in [-0.1, -0.05) is 49.6 Å². The summed E-state index contributed by atoms with van der Waals surface area (Å²) < 4.78 is 0. The summed E-state index contributed by atoms with van der Waals surface area (Å²) in [5.41, 5.74) is 10.2. The van der Waals surface area contributed by atoms with E-state index in [1.54, 1.807) is 0 Å². The van der Waals surface area contributed by atoms with Crippen LogP contribution in [0.3, 0.4) is 0 Å². The lowest BCUT2D eigenvalue weighted by Crippen LogP contribution is -2.61. The Hall–Kier alpha value is -1.46. The molecule has 5 heteroatoms. The van der Waals surface area contributed by atoms with Crippen LogP contribution < -0.4 is 11.2 Å². The SMILES string of the molecule is NC(=S)N/N=C1/[C@@H]2CCC[C@@H]1[C@@]1(O)CCCC[C@@H]1[C@@H]2c1ccccc1. The predicted octanol–water partition coefficient (Wildman–Crippen LogP) is 3.31. The number of hydrogen-bond acceptors (Lipinski definition) is 3. The number of fused-ring (bicyclic) bond motifs is 4. The second kappa shape index (κ2) is 6.69. The van der Waals surface area contributed by atoms with E-state index in [2.05, 4.69) is 40.9 Å². The number of nitrogens with two attached hydrogens (primary N) is 1. The molecule has 0 saturated heterocycles. The first-order chi connectivity index (χ1) is 12.1. The highest BCUT2D eigenvalue weighted by Crippen LogP contribution is 2.58. The molecule has 134 valence electrons. The fourth-order valence-corrected chi connectivity index (χ4v) is 5.84. The van der Waals surface area contributed by atoms with E-state index in [9.17, 15) is 5.11 Å². The minimum atomic E-state index is -0.646. The molecule has 3 aliphatic rings. The summed E-state index contributed by atoms with van der Waals surface area (Å²) in [5, 5.41) is 16.6. The standard InChI is InChI=1S/C20H27N3OS/c21-19(25)23-22-18-14-9-6-11-16(18)20(24)12-5-4-10-15(20)17(14)13-7-2-1-3-8-13/h1-3,7-8,14-17,24H,4-6,9-12H2,(H3,21,23,25)/b22-18-/t14-,15-,16+,17-,20-/m1/s1. The molecule has 0 radical (unpaired) electrons. The fraction of sp³-hybridized carbons (Fsp3) is 0.600. The van der Waals surface area contributed by atoms with Gasteiger partial charge in [0.05, 0.1) is 5.60 Å². The number of nitrogens with zero attached hydrogens (tertiary/aromatic N) is 1. The third kappa shape index (κ3) is 2.87. The third-order valence-electron chi connectivity index (χ3n) is 6.68. The Morgan fingerprint density at radius 3 is 2.72 bits per heavy atom. The number of rotatable bonds is 2. The molecule has 4 nitrogen and oxygen atoms in total. The predicted molar refractivity (Wildman–Crippen MR) is 104 cm³/mol. The zero-order valence-electron chi connectivity index (χ0n) is 14.5. The molecule has 2 bridgehead atoms. The van der Waals surface area contributed by atoms with Crippen LogP contribution in [0.15, 0.2) is 35.4 Å². The maximum atomic E-state index is 11.8. The minimum Gasteiger partial charge on any atom is -0.389 e. The van der Waals surface area contributed by atoms with Crippen molar-refractivity contribution in [2.45, 2.75) is 56.5 Å². The third-order valence-corrected chi connectivity index (χ3v) is 6.77. The molecular formula is C20H27N3OS. The van der Waals surface area contributed by atoms with Crippen molar-refractivity contribution in [3.8, 4) is 0 Å². The summed E-state index contributed by atoms with van der Waals surface area (Å²) >= 11 is 4.96. The van der Waals surface area contributed by atoms with Crippen LogP contribution in [0.4, 0.5) is 0 Å². The number of hydrogen-bond donors (Lipinski definition) is 3. The zero-order chi connectivity index (χ0) is 17.4. The molecule has 0 spiro atoms. The van der Waals surface area contributed by atoms with Gasteiger partial charge in [0.15, 0.2) is 5.11 Å². The van der Waals surface area contributed by atoms with Gasteiger partial charge in [-0.05, 0) is 55.3 Å². The van der Waals surface area contributed by atoms with Gasteiger partial charge >= 0.3 is 0 Å². The fourth-order valence-electron chi connectivity index (χ4n) is 5.80. The lowest BCUT2D eigenvalue weighted by molar-refractivity contribution is -0.111. The Morgan fingerprint density at radius 2 is 1.96 bits per heavy atom. The van der Waals surface area contributed by atoms with Crippen molar-refractivity contribution < 1.29 is 5.11 Å². The molecule has 0 unspecified atom stereocenters. The molecule has 4 N–H and O–H groups in total. The van der Waals surface area contributed by atoms with Crippen molar-refractivity contribution in [1.29, 1.82) is 0 Å². The molecule has 3 aliphatic carbocycles. The maximum absolute atomic E-state index is 11.8. The lowest BCUT2D eigenvalue weighted by Gasteiger charge is -2.57. The molecule has 0 heterocycles. The van der Waals surface area contributed by atoms with E-state index in [0.29, 0.717) is 17.8 Å². The van der Waals surface area contributed by atoms with Crippen molar-refractivity contribution in [2.75, 3.05) is 0 Å². The van der Waals surface area contributed by atoms with Gasteiger partial charge in [-0.2, -0.15) is 5.10 Å². The zero-order valence-corrected chi connectivity index (χ0v) is 15.3. The van der Waals surface area contributed by atoms with Gasteiger partial charge in [-0.3, -0.25) is 5.43 Å². The van der Waals surface area contributed by atoms with E-state index >= 15 is 0 Å². The largest absolute Gasteiger partial charge is 0.389 e. The highest BCUT2D eigenvalue weighted by atomic mass is 32.1. The monoisotopic (exact) mass is 357 g/mol. The summed E-state index contributed by atoms with van der Waals surface area (Å²) in [6.07, 6.45) is 7.60. The van der Waals surface area contributed by atoms with Crippen LogP contribution >= 0.6 is 12.2 Å². The smallest absolute Gasteiger partial charge is 0.184 e. The Morgan fingerprint density at radius 1 is 1.16 bits per heavy atom. The van der Waals surface area contributed by atoms with Gasteiger partial charge in [0.2, 0.25) is 0 Å².